The van der Waals surface area contributed by atoms with E-state index in [1.54, 1.807) is 6.20 Å². The third-order valence-corrected chi connectivity index (χ3v) is 3.10. The zero-order valence-corrected chi connectivity index (χ0v) is 8.27. The van der Waals surface area contributed by atoms with Crippen molar-refractivity contribution >= 4 is 5.97 Å². The Bertz CT molecular complexity index is 359. The summed E-state index contributed by atoms with van der Waals surface area (Å²) in [5.41, 5.74) is 0.741. The number of aliphatic carboxylic acids is 1. The molecule has 14 heavy (non-hydrogen) atoms. The first kappa shape index (κ1) is 9.19. The zero-order valence-electron chi connectivity index (χ0n) is 8.27. The highest BCUT2D eigenvalue weighted by Crippen LogP contribution is 2.63. The molecule has 1 aliphatic rings. The third-order valence-electron chi connectivity index (χ3n) is 3.10. The van der Waals surface area contributed by atoms with Gasteiger partial charge in [0.25, 0.3) is 0 Å². The molecule has 1 fully saturated rings. The Hall–Kier alpha value is -1.38. The minimum absolute atomic E-state index is 0.0706. The van der Waals surface area contributed by atoms with E-state index in [2.05, 4.69) is 4.98 Å². The molecule has 1 aliphatic carbocycles. The normalized spacial score (nSPS) is 28.4. The van der Waals surface area contributed by atoms with Gasteiger partial charge in [-0.1, -0.05) is 19.9 Å². The molecule has 0 saturated heterocycles. The van der Waals surface area contributed by atoms with Gasteiger partial charge in [-0.2, -0.15) is 0 Å². The summed E-state index contributed by atoms with van der Waals surface area (Å²) in [6.45, 7) is 3.95. The Morgan fingerprint density at radius 3 is 2.64 bits per heavy atom. The predicted molar refractivity (Wildman–Crippen MR) is 51.9 cm³/mol. The molecule has 0 spiro atoms. The highest BCUT2D eigenvalue weighted by atomic mass is 16.4. The van der Waals surface area contributed by atoms with Crippen LogP contribution in [0.1, 0.15) is 25.5 Å². The van der Waals surface area contributed by atoms with Crippen LogP contribution in [0.4, 0.5) is 0 Å². The Kier molecular flexibility index (Phi) is 1.84. The van der Waals surface area contributed by atoms with Gasteiger partial charge in [-0.25, -0.2) is 0 Å². The van der Waals surface area contributed by atoms with Crippen LogP contribution < -0.4 is 0 Å². The molecule has 74 valence electrons. The number of pyridine rings is 1. The molecule has 1 heterocycles. The fourth-order valence-electron chi connectivity index (χ4n) is 2.21. The second-order valence-corrected chi connectivity index (χ2v) is 4.37. The first-order chi connectivity index (χ1) is 6.55. The number of hydrogen-bond acceptors (Lipinski definition) is 2. The minimum atomic E-state index is -0.717. The Balaban J connectivity index is 2.28. The molecule has 1 aromatic heterocycles. The summed E-state index contributed by atoms with van der Waals surface area (Å²) in [6.07, 6.45) is 1.71. The van der Waals surface area contributed by atoms with Crippen molar-refractivity contribution in [1.82, 2.24) is 4.98 Å². The van der Waals surface area contributed by atoms with Crippen LogP contribution in [0.5, 0.6) is 0 Å². The van der Waals surface area contributed by atoms with E-state index in [0.717, 1.165) is 5.69 Å². The van der Waals surface area contributed by atoms with E-state index in [-0.39, 0.29) is 17.3 Å². The van der Waals surface area contributed by atoms with Gasteiger partial charge in [-0.05, 0) is 17.5 Å². The van der Waals surface area contributed by atoms with E-state index in [4.69, 9.17) is 5.11 Å². The van der Waals surface area contributed by atoms with Crippen LogP contribution in [0.2, 0.25) is 0 Å². The van der Waals surface area contributed by atoms with Crippen LogP contribution in [0, 0.1) is 11.3 Å². The monoisotopic (exact) mass is 191 g/mol. The van der Waals surface area contributed by atoms with Gasteiger partial charge in [0, 0.05) is 17.8 Å². The van der Waals surface area contributed by atoms with Crippen molar-refractivity contribution in [2.24, 2.45) is 11.3 Å². The molecule has 1 N–H and O–H groups in total. The maximum Gasteiger partial charge on any atom is 0.307 e. The quantitative estimate of drug-likeness (QED) is 0.776. The Morgan fingerprint density at radius 1 is 1.50 bits per heavy atom. The number of carboxylic acids is 1. The van der Waals surface area contributed by atoms with E-state index in [9.17, 15) is 4.79 Å². The van der Waals surface area contributed by atoms with Gasteiger partial charge in [-0.3, -0.25) is 9.78 Å². The van der Waals surface area contributed by atoms with Crippen LogP contribution in [0.15, 0.2) is 24.4 Å². The molecule has 0 aliphatic heterocycles. The maximum atomic E-state index is 10.9. The number of carboxylic acid groups (broad SMARTS) is 1. The minimum Gasteiger partial charge on any atom is -0.481 e. The van der Waals surface area contributed by atoms with Gasteiger partial charge in [0.1, 0.15) is 0 Å². The molecular formula is C11H13NO2. The number of nitrogens with zero attached hydrogens (tertiary/aromatic N) is 1. The summed E-state index contributed by atoms with van der Waals surface area (Å²) in [6, 6.07) is 5.64. The number of aromatic nitrogens is 1. The van der Waals surface area contributed by atoms with Crippen LogP contribution in [-0.4, -0.2) is 16.1 Å². The largest absolute Gasteiger partial charge is 0.481 e. The molecule has 3 heteroatoms. The van der Waals surface area contributed by atoms with Gasteiger partial charge >= 0.3 is 5.97 Å². The Morgan fingerprint density at radius 2 is 2.21 bits per heavy atom. The van der Waals surface area contributed by atoms with E-state index < -0.39 is 5.97 Å². The lowest BCUT2D eigenvalue weighted by Crippen LogP contribution is -2.03. The molecule has 2 atom stereocenters. The lowest BCUT2D eigenvalue weighted by Gasteiger charge is -2.00. The first-order valence-corrected chi connectivity index (χ1v) is 4.69. The first-order valence-electron chi connectivity index (χ1n) is 4.69. The molecule has 0 aromatic carbocycles. The second kappa shape index (κ2) is 2.80. The van der Waals surface area contributed by atoms with Gasteiger partial charge in [0.15, 0.2) is 0 Å². The standard InChI is InChI=1S/C11H13NO2/c1-11(2)8(9(11)10(13)14)7-5-3-4-6-12-7/h3-6,8-9H,1-2H3,(H,13,14)/t8-,9+/m1/s1. The van der Waals surface area contributed by atoms with E-state index in [1.807, 2.05) is 32.0 Å². The molecule has 3 nitrogen and oxygen atoms in total. The van der Waals surface area contributed by atoms with E-state index >= 15 is 0 Å². The summed E-state index contributed by atoms with van der Waals surface area (Å²) in [7, 11) is 0. The van der Waals surface area contributed by atoms with Crippen molar-refractivity contribution in [3.63, 3.8) is 0 Å². The number of carbonyl (C=O) groups is 1. The van der Waals surface area contributed by atoms with Crippen molar-refractivity contribution in [3.8, 4) is 0 Å². The lowest BCUT2D eigenvalue weighted by molar-refractivity contribution is -0.139. The Labute approximate surface area is 82.8 Å². The molecule has 0 bridgehead atoms. The van der Waals surface area contributed by atoms with Crippen LogP contribution in [0.3, 0.4) is 0 Å². The van der Waals surface area contributed by atoms with Crippen LogP contribution in [-0.2, 0) is 4.79 Å². The molecule has 1 saturated carbocycles. The fraction of sp³-hybridized carbons (Fsp3) is 0.455. The molecule has 0 amide bonds. The molecular weight excluding hydrogens is 178 g/mol. The summed E-state index contributed by atoms with van der Waals surface area (Å²) in [4.78, 5) is 15.1. The maximum absolute atomic E-state index is 10.9. The summed E-state index contributed by atoms with van der Waals surface area (Å²) < 4.78 is 0. The highest BCUT2D eigenvalue weighted by molar-refractivity contribution is 5.77. The summed E-state index contributed by atoms with van der Waals surface area (Å²) in [5.74, 6) is -0.927. The SMILES string of the molecule is CC1(C)[C@H](C(=O)O)[C@H]1c1ccccn1. The summed E-state index contributed by atoms with van der Waals surface area (Å²) in [5, 5.41) is 8.99. The van der Waals surface area contributed by atoms with Crippen molar-refractivity contribution in [3.05, 3.63) is 30.1 Å². The average molecular weight is 191 g/mol. The van der Waals surface area contributed by atoms with Crippen molar-refractivity contribution in [1.29, 1.82) is 0 Å². The van der Waals surface area contributed by atoms with Crippen LogP contribution >= 0.6 is 0 Å². The van der Waals surface area contributed by atoms with E-state index in [0.29, 0.717) is 0 Å². The summed E-state index contributed by atoms with van der Waals surface area (Å²) >= 11 is 0. The predicted octanol–water partition coefficient (Wildman–Crippen LogP) is 1.91. The molecule has 2 rings (SSSR count). The van der Waals surface area contributed by atoms with Crippen molar-refractivity contribution in [2.45, 2.75) is 19.8 Å². The smallest absolute Gasteiger partial charge is 0.307 e. The topological polar surface area (TPSA) is 50.2 Å². The molecule has 0 radical (unpaired) electrons. The highest BCUT2D eigenvalue weighted by Gasteiger charge is 2.63. The van der Waals surface area contributed by atoms with Crippen molar-refractivity contribution < 1.29 is 9.90 Å². The number of rotatable bonds is 2. The van der Waals surface area contributed by atoms with Gasteiger partial charge in [-0.15, -0.1) is 0 Å². The average Bonchev–Trinajstić information content (AvgIpc) is 2.71. The van der Waals surface area contributed by atoms with Gasteiger partial charge in [0.2, 0.25) is 0 Å². The van der Waals surface area contributed by atoms with Gasteiger partial charge < -0.3 is 5.11 Å². The molecule has 1 aromatic rings. The number of hydrogen-bond donors (Lipinski definition) is 1. The zero-order chi connectivity index (χ0) is 10.3. The fourth-order valence-corrected chi connectivity index (χ4v) is 2.21. The van der Waals surface area contributed by atoms with Crippen molar-refractivity contribution in [2.75, 3.05) is 0 Å². The van der Waals surface area contributed by atoms with Gasteiger partial charge in [0.05, 0.1) is 5.92 Å². The molecule has 0 unspecified atom stereocenters. The van der Waals surface area contributed by atoms with E-state index in [1.165, 1.54) is 0 Å². The lowest BCUT2D eigenvalue weighted by atomic mass is 10.1. The second-order valence-electron chi connectivity index (χ2n) is 4.37. The third kappa shape index (κ3) is 1.20. The van der Waals surface area contributed by atoms with Crippen LogP contribution in [0.25, 0.3) is 0 Å².